The highest BCUT2D eigenvalue weighted by atomic mass is 35.5. The molecule has 3 aromatic carbocycles. The lowest BCUT2D eigenvalue weighted by Gasteiger charge is -2.26. The Balaban J connectivity index is 1.82. The monoisotopic (exact) mass is 389 g/mol. The fourth-order valence-electron chi connectivity index (χ4n) is 3.50. The van der Waals surface area contributed by atoms with Gasteiger partial charge < -0.3 is 9.64 Å². The van der Waals surface area contributed by atoms with E-state index in [0.717, 1.165) is 39.3 Å². The molecule has 1 aliphatic rings. The second-order valence-corrected chi connectivity index (χ2v) is 7.22. The lowest BCUT2D eigenvalue weighted by molar-refractivity contribution is -0.116. The topological polar surface area (TPSA) is 29.5 Å². The lowest BCUT2D eigenvalue weighted by atomic mass is 9.96. The smallest absolute Gasteiger partial charge is 0.224 e. The third-order valence-electron chi connectivity index (χ3n) is 4.98. The van der Waals surface area contributed by atoms with Crippen LogP contribution in [0.5, 0.6) is 5.75 Å². The van der Waals surface area contributed by atoms with Crippen molar-refractivity contribution >= 4 is 35.3 Å². The van der Waals surface area contributed by atoms with Crippen molar-refractivity contribution in [1.29, 1.82) is 0 Å². The Hall–Kier alpha value is -3.04. The number of methoxy groups -OCH3 is 1. The fraction of sp³-hybridized carbons (Fsp3) is 0.125. The van der Waals surface area contributed by atoms with E-state index < -0.39 is 0 Å². The molecule has 0 aliphatic carbocycles. The van der Waals surface area contributed by atoms with Gasteiger partial charge in [-0.3, -0.25) is 4.79 Å². The van der Waals surface area contributed by atoms with E-state index in [9.17, 15) is 4.79 Å². The molecule has 28 heavy (non-hydrogen) atoms. The Morgan fingerprint density at radius 2 is 1.75 bits per heavy atom. The van der Waals surface area contributed by atoms with Gasteiger partial charge in [-0.2, -0.15) is 0 Å². The summed E-state index contributed by atoms with van der Waals surface area (Å²) < 4.78 is 5.35. The highest BCUT2D eigenvalue weighted by Crippen LogP contribution is 2.33. The quantitative estimate of drug-likeness (QED) is 0.533. The number of carbonyl (C=O) groups is 1. The number of hydrogen-bond donors (Lipinski definition) is 0. The number of hydrogen-bond acceptors (Lipinski definition) is 2. The van der Waals surface area contributed by atoms with Crippen LogP contribution in [0.25, 0.3) is 23.3 Å². The lowest BCUT2D eigenvalue weighted by Crippen LogP contribution is -2.29. The SMILES string of the molecule is COc1cccc(-c2ccc3c(c2)C=Cc2cc(Cl)ccc2N(C(C)=O)C3)c1. The maximum Gasteiger partial charge on any atom is 0.224 e. The molecule has 0 spiro atoms. The average Bonchev–Trinajstić information content (AvgIpc) is 2.69. The number of carbonyl (C=O) groups excluding carboxylic acids is 1. The van der Waals surface area contributed by atoms with Gasteiger partial charge in [0.25, 0.3) is 0 Å². The molecule has 0 saturated heterocycles. The summed E-state index contributed by atoms with van der Waals surface area (Å²) in [6.07, 6.45) is 4.11. The predicted octanol–water partition coefficient (Wildman–Crippen LogP) is 6.05. The molecule has 0 atom stereocenters. The van der Waals surface area contributed by atoms with E-state index in [0.29, 0.717) is 11.6 Å². The Labute approximate surface area is 169 Å². The minimum Gasteiger partial charge on any atom is -0.497 e. The minimum absolute atomic E-state index is 0.00157. The molecule has 140 valence electrons. The van der Waals surface area contributed by atoms with Gasteiger partial charge in [0.2, 0.25) is 5.91 Å². The fourth-order valence-corrected chi connectivity index (χ4v) is 3.68. The van der Waals surface area contributed by atoms with Crippen molar-refractivity contribution in [3.05, 3.63) is 82.4 Å². The van der Waals surface area contributed by atoms with Gasteiger partial charge in [-0.1, -0.05) is 48.0 Å². The van der Waals surface area contributed by atoms with Gasteiger partial charge in [-0.05, 0) is 64.2 Å². The Morgan fingerprint density at radius 3 is 2.54 bits per heavy atom. The van der Waals surface area contributed by atoms with Crippen molar-refractivity contribution in [1.82, 2.24) is 0 Å². The van der Waals surface area contributed by atoms with Crippen LogP contribution in [-0.4, -0.2) is 13.0 Å². The molecule has 4 rings (SSSR count). The van der Waals surface area contributed by atoms with E-state index in [2.05, 4.69) is 30.3 Å². The summed E-state index contributed by atoms with van der Waals surface area (Å²) in [5, 5.41) is 0.651. The first kappa shape index (κ1) is 18.3. The maximum atomic E-state index is 12.3. The van der Waals surface area contributed by atoms with E-state index in [1.807, 2.05) is 42.5 Å². The van der Waals surface area contributed by atoms with E-state index in [1.54, 1.807) is 18.9 Å². The molecule has 0 radical (unpaired) electrons. The molecule has 0 fully saturated rings. The first-order valence-corrected chi connectivity index (χ1v) is 9.46. The number of halogens is 1. The standard InChI is InChI=1S/C24H20ClNO2/c1-16(27)26-15-21-9-7-18(17-4-3-5-23(14-17)28-2)12-19(21)6-8-20-13-22(25)10-11-24(20)26/h3-14H,15H2,1-2H3. The van der Waals surface area contributed by atoms with Crippen LogP contribution in [0.1, 0.15) is 23.6 Å². The van der Waals surface area contributed by atoms with Gasteiger partial charge in [-0.25, -0.2) is 0 Å². The maximum absolute atomic E-state index is 12.3. The molecule has 1 aliphatic heterocycles. The van der Waals surface area contributed by atoms with Crippen LogP contribution in [0.2, 0.25) is 5.02 Å². The van der Waals surface area contributed by atoms with E-state index in [4.69, 9.17) is 16.3 Å². The number of ether oxygens (including phenoxy) is 1. The van der Waals surface area contributed by atoms with Gasteiger partial charge in [0.15, 0.2) is 0 Å². The zero-order valence-corrected chi connectivity index (χ0v) is 16.5. The highest BCUT2D eigenvalue weighted by Gasteiger charge is 2.19. The van der Waals surface area contributed by atoms with Crippen LogP contribution >= 0.6 is 11.6 Å². The molecule has 0 N–H and O–H groups in total. The summed E-state index contributed by atoms with van der Waals surface area (Å²) in [4.78, 5) is 14.1. The van der Waals surface area contributed by atoms with Gasteiger partial charge in [0.1, 0.15) is 5.75 Å². The summed E-state index contributed by atoms with van der Waals surface area (Å²) in [5.41, 5.74) is 6.17. The van der Waals surface area contributed by atoms with Crippen molar-refractivity contribution in [3.8, 4) is 16.9 Å². The van der Waals surface area contributed by atoms with Crippen LogP contribution in [-0.2, 0) is 11.3 Å². The highest BCUT2D eigenvalue weighted by molar-refractivity contribution is 6.30. The molecule has 4 heteroatoms. The average molecular weight is 390 g/mol. The first-order chi connectivity index (χ1) is 13.5. The van der Waals surface area contributed by atoms with Crippen molar-refractivity contribution in [2.75, 3.05) is 12.0 Å². The number of amides is 1. The molecule has 0 unspecified atom stereocenters. The van der Waals surface area contributed by atoms with Gasteiger partial charge in [-0.15, -0.1) is 0 Å². The van der Waals surface area contributed by atoms with Gasteiger partial charge in [0.05, 0.1) is 19.3 Å². The second-order valence-electron chi connectivity index (χ2n) is 6.79. The zero-order valence-electron chi connectivity index (χ0n) is 15.8. The molecule has 0 aromatic heterocycles. The van der Waals surface area contributed by atoms with E-state index in [1.165, 1.54) is 0 Å². The molecule has 0 bridgehead atoms. The number of anilines is 1. The van der Waals surface area contributed by atoms with Crippen LogP contribution in [0.3, 0.4) is 0 Å². The molecule has 1 heterocycles. The van der Waals surface area contributed by atoms with E-state index in [-0.39, 0.29) is 5.91 Å². The number of benzene rings is 3. The summed E-state index contributed by atoms with van der Waals surface area (Å²) >= 11 is 6.18. The Bertz CT molecular complexity index is 1090. The molecular weight excluding hydrogens is 370 g/mol. The van der Waals surface area contributed by atoms with Crippen molar-refractivity contribution in [3.63, 3.8) is 0 Å². The molecule has 3 nitrogen and oxygen atoms in total. The van der Waals surface area contributed by atoms with Crippen LogP contribution in [0.4, 0.5) is 5.69 Å². The minimum atomic E-state index is 0.00157. The molecule has 1 amide bonds. The summed E-state index contributed by atoms with van der Waals surface area (Å²) in [5.74, 6) is 0.827. The number of rotatable bonds is 2. The normalized spacial score (nSPS) is 12.6. The third kappa shape index (κ3) is 3.54. The van der Waals surface area contributed by atoms with Crippen LogP contribution < -0.4 is 9.64 Å². The molecule has 3 aromatic rings. The number of nitrogens with zero attached hydrogens (tertiary/aromatic N) is 1. The first-order valence-electron chi connectivity index (χ1n) is 9.08. The predicted molar refractivity (Wildman–Crippen MR) is 116 cm³/mol. The third-order valence-corrected chi connectivity index (χ3v) is 5.22. The van der Waals surface area contributed by atoms with Crippen molar-refractivity contribution < 1.29 is 9.53 Å². The Morgan fingerprint density at radius 1 is 0.964 bits per heavy atom. The van der Waals surface area contributed by atoms with Crippen molar-refractivity contribution in [2.45, 2.75) is 13.5 Å². The number of fused-ring (bicyclic) bond motifs is 2. The largest absolute Gasteiger partial charge is 0.497 e. The summed E-state index contributed by atoms with van der Waals surface area (Å²) in [6.45, 7) is 2.11. The van der Waals surface area contributed by atoms with Gasteiger partial charge >= 0.3 is 0 Å². The van der Waals surface area contributed by atoms with Gasteiger partial charge in [0, 0.05) is 11.9 Å². The summed E-state index contributed by atoms with van der Waals surface area (Å²) in [7, 11) is 1.67. The second kappa shape index (κ2) is 7.53. The zero-order chi connectivity index (χ0) is 19.7. The van der Waals surface area contributed by atoms with E-state index >= 15 is 0 Å². The van der Waals surface area contributed by atoms with Crippen LogP contribution in [0.15, 0.2) is 60.7 Å². The summed E-state index contributed by atoms with van der Waals surface area (Å²) in [6, 6.07) is 19.9. The van der Waals surface area contributed by atoms with Crippen molar-refractivity contribution in [2.24, 2.45) is 0 Å². The van der Waals surface area contributed by atoms with Crippen LogP contribution in [0, 0.1) is 0 Å². The Kier molecular flexibility index (Phi) is 4.93. The molecular formula is C24H20ClNO2. The molecule has 0 saturated carbocycles.